The first-order valence-electron chi connectivity index (χ1n) is 8.96. The second kappa shape index (κ2) is 8.81. The molecule has 0 saturated heterocycles. The molecule has 0 aliphatic heterocycles. The number of amides is 1. The van der Waals surface area contributed by atoms with Gasteiger partial charge in [-0.05, 0) is 30.5 Å². The third-order valence-electron chi connectivity index (χ3n) is 4.08. The minimum Gasteiger partial charge on any atom is -0.355 e. The molecule has 1 N–H and O–H groups in total. The highest BCUT2D eigenvalue weighted by Crippen LogP contribution is 2.29. The zero-order valence-corrected chi connectivity index (χ0v) is 16.0. The summed E-state index contributed by atoms with van der Waals surface area (Å²) in [6.07, 6.45) is 1.89. The number of carbonyl (C=O) groups excluding carboxylic acids is 1. The molecule has 0 aliphatic rings. The summed E-state index contributed by atoms with van der Waals surface area (Å²) in [5, 5.41) is 4.78. The van der Waals surface area contributed by atoms with Gasteiger partial charge in [-0.25, -0.2) is 9.97 Å². The van der Waals surface area contributed by atoms with Crippen molar-refractivity contribution in [3.63, 3.8) is 0 Å². The van der Waals surface area contributed by atoms with Gasteiger partial charge in [-0.1, -0.05) is 62.0 Å². The summed E-state index contributed by atoms with van der Waals surface area (Å²) in [5.74, 6) is 1.09. The first kappa shape index (κ1) is 18.4. The number of nitrogens with zero attached hydrogens (tertiary/aromatic N) is 2. The summed E-state index contributed by atoms with van der Waals surface area (Å²) in [6, 6.07) is 16.2. The number of benzene rings is 2. The van der Waals surface area contributed by atoms with Crippen LogP contribution < -0.4 is 5.32 Å². The number of fused-ring (bicyclic) bond motifs is 1. The lowest BCUT2D eigenvalue weighted by Crippen LogP contribution is -2.25. The van der Waals surface area contributed by atoms with E-state index in [1.807, 2.05) is 43.3 Å². The van der Waals surface area contributed by atoms with Gasteiger partial charge in [-0.15, -0.1) is 0 Å². The zero-order chi connectivity index (χ0) is 18.4. The van der Waals surface area contributed by atoms with E-state index in [1.54, 1.807) is 0 Å². The fourth-order valence-electron chi connectivity index (χ4n) is 2.64. The molecule has 134 valence electrons. The molecule has 4 nitrogen and oxygen atoms in total. The molecule has 5 heteroatoms. The van der Waals surface area contributed by atoms with E-state index in [-0.39, 0.29) is 5.91 Å². The number of carbonyl (C=O) groups is 1. The number of aryl methyl sites for hydroxylation is 1. The molecule has 0 aliphatic carbocycles. The maximum Gasteiger partial charge on any atom is 0.230 e. The summed E-state index contributed by atoms with van der Waals surface area (Å²) >= 11 is 1.47. The molecular weight excluding hydrogens is 342 g/mol. The molecule has 0 radical (unpaired) electrons. The Bertz CT molecular complexity index is 896. The van der Waals surface area contributed by atoms with Crippen LogP contribution in [0.2, 0.25) is 0 Å². The molecule has 0 atom stereocenters. The van der Waals surface area contributed by atoms with Gasteiger partial charge in [0.1, 0.15) is 5.03 Å². The lowest BCUT2D eigenvalue weighted by Gasteiger charge is -2.10. The Morgan fingerprint density at radius 3 is 2.62 bits per heavy atom. The van der Waals surface area contributed by atoms with Gasteiger partial charge >= 0.3 is 0 Å². The second-order valence-electron chi connectivity index (χ2n) is 6.06. The van der Waals surface area contributed by atoms with Crippen molar-refractivity contribution in [1.82, 2.24) is 15.3 Å². The molecule has 3 rings (SSSR count). The number of aromatic nitrogens is 2. The summed E-state index contributed by atoms with van der Waals surface area (Å²) in [7, 11) is 0. The van der Waals surface area contributed by atoms with E-state index in [4.69, 9.17) is 9.97 Å². The van der Waals surface area contributed by atoms with E-state index in [0.717, 1.165) is 34.3 Å². The lowest BCUT2D eigenvalue weighted by molar-refractivity contribution is -0.118. The van der Waals surface area contributed by atoms with Crippen LogP contribution in [-0.2, 0) is 11.2 Å². The van der Waals surface area contributed by atoms with Gasteiger partial charge in [0.05, 0.1) is 11.3 Å². The zero-order valence-electron chi connectivity index (χ0n) is 15.2. The monoisotopic (exact) mass is 365 g/mol. The molecule has 2 aromatic carbocycles. The second-order valence-corrected chi connectivity index (χ2v) is 7.03. The predicted octanol–water partition coefficient (Wildman–Crippen LogP) is 4.48. The Morgan fingerprint density at radius 2 is 1.88 bits per heavy atom. The molecule has 0 saturated carbocycles. The topological polar surface area (TPSA) is 54.9 Å². The number of rotatable bonds is 7. The molecule has 26 heavy (non-hydrogen) atoms. The van der Waals surface area contributed by atoms with Crippen molar-refractivity contribution in [2.24, 2.45) is 0 Å². The Hall–Kier alpha value is -2.40. The van der Waals surface area contributed by atoms with Gasteiger partial charge in [-0.2, -0.15) is 0 Å². The average Bonchev–Trinajstić information content (AvgIpc) is 2.70. The molecule has 1 amide bonds. The molecule has 0 bridgehead atoms. The minimum atomic E-state index is 0.0384. The van der Waals surface area contributed by atoms with Crippen LogP contribution >= 0.6 is 11.8 Å². The van der Waals surface area contributed by atoms with Gasteiger partial charge in [0.25, 0.3) is 0 Å². The molecule has 1 heterocycles. The van der Waals surface area contributed by atoms with E-state index in [9.17, 15) is 4.79 Å². The maximum atomic E-state index is 12.0. The molecule has 0 spiro atoms. The van der Waals surface area contributed by atoms with Gasteiger partial charge < -0.3 is 5.32 Å². The summed E-state index contributed by atoms with van der Waals surface area (Å²) in [4.78, 5) is 21.5. The van der Waals surface area contributed by atoms with Crippen LogP contribution in [0.15, 0.2) is 53.6 Å². The Labute approximate surface area is 158 Å². The van der Waals surface area contributed by atoms with Crippen molar-refractivity contribution in [2.45, 2.75) is 31.7 Å². The Kier molecular flexibility index (Phi) is 6.23. The largest absolute Gasteiger partial charge is 0.355 e. The fourth-order valence-corrected chi connectivity index (χ4v) is 3.48. The highest BCUT2D eigenvalue weighted by atomic mass is 32.2. The Balaban J connectivity index is 1.98. The third-order valence-corrected chi connectivity index (χ3v) is 5.07. The van der Waals surface area contributed by atoms with Crippen LogP contribution in [0.25, 0.3) is 22.3 Å². The van der Waals surface area contributed by atoms with Crippen molar-refractivity contribution >= 4 is 28.6 Å². The van der Waals surface area contributed by atoms with E-state index in [0.29, 0.717) is 18.1 Å². The maximum absolute atomic E-state index is 12.0. The minimum absolute atomic E-state index is 0.0384. The van der Waals surface area contributed by atoms with E-state index in [1.165, 1.54) is 17.3 Å². The molecule has 1 aromatic heterocycles. The van der Waals surface area contributed by atoms with Crippen LogP contribution in [0.5, 0.6) is 0 Å². The highest BCUT2D eigenvalue weighted by Gasteiger charge is 2.12. The Morgan fingerprint density at radius 1 is 1.08 bits per heavy atom. The van der Waals surface area contributed by atoms with E-state index >= 15 is 0 Å². The first-order chi connectivity index (χ1) is 12.7. The lowest BCUT2D eigenvalue weighted by atomic mass is 10.1. The number of thioether (sulfide) groups is 1. The van der Waals surface area contributed by atoms with Crippen molar-refractivity contribution in [3.05, 3.63) is 54.1 Å². The molecular formula is C21H23N3OS. The van der Waals surface area contributed by atoms with Crippen LogP contribution in [-0.4, -0.2) is 28.2 Å². The van der Waals surface area contributed by atoms with Crippen molar-refractivity contribution in [1.29, 1.82) is 0 Å². The van der Waals surface area contributed by atoms with Crippen LogP contribution in [0, 0.1) is 0 Å². The number of hydrogen-bond acceptors (Lipinski definition) is 4. The van der Waals surface area contributed by atoms with E-state index in [2.05, 4.69) is 24.4 Å². The highest BCUT2D eigenvalue weighted by molar-refractivity contribution is 8.00. The molecule has 3 aromatic rings. The van der Waals surface area contributed by atoms with Gasteiger partial charge in [0, 0.05) is 17.5 Å². The number of nitrogens with one attached hydrogen (secondary N) is 1. The van der Waals surface area contributed by atoms with Crippen molar-refractivity contribution in [3.8, 4) is 11.4 Å². The van der Waals surface area contributed by atoms with Gasteiger partial charge in [0.2, 0.25) is 5.91 Å². The summed E-state index contributed by atoms with van der Waals surface area (Å²) in [5.41, 5.74) is 3.13. The van der Waals surface area contributed by atoms with Gasteiger partial charge in [-0.3, -0.25) is 4.79 Å². The normalized spacial score (nSPS) is 10.8. The van der Waals surface area contributed by atoms with Gasteiger partial charge in [0.15, 0.2) is 5.82 Å². The van der Waals surface area contributed by atoms with Crippen molar-refractivity contribution < 1.29 is 4.79 Å². The molecule has 0 unspecified atom stereocenters. The van der Waals surface area contributed by atoms with Crippen molar-refractivity contribution in [2.75, 3.05) is 12.3 Å². The first-order valence-corrected chi connectivity index (χ1v) is 9.95. The quantitative estimate of drug-likeness (QED) is 0.495. The fraction of sp³-hybridized carbons (Fsp3) is 0.286. The third kappa shape index (κ3) is 4.41. The average molecular weight is 366 g/mol. The smallest absolute Gasteiger partial charge is 0.230 e. The van der Waals surface area contributed by atoms with Crippen LogP contribution in [0.1, 0.15) is 25.8 Å². The standard InChI is InChI=1S/C21H23N3OS/c1-3-12-22-19(25)14-26-21-17-13-15(4-2)10-11-18(17)23-20(24-21)16-8-6-5-7-9-16/h5-11,13H,3-4,12,14H2,1-2H3,(H,22,25). The van der Waals surface area contributed by atoms with Crippen LogP contribution in [0.4, 0.5) is 0 Å². The number of hydrogen-bond donors (Lipinski definition) is 1. The van der Waals surface area contributed by atoms with Crippen LogP contribution in [0.3, 0.4) is 0 Å². The van der Waals surface area contributed by atoms with E-state index < -0.39 is 0 Å². The summed E-state index contributed by atoms with van der Waals surface area (Å²) < 4.78 is 0. The molecule has 0 fully saturated rings. The predicted molar refractivity (Wildman–Crippen MR) is 108 cm³/mol. The SMILES string of the molecule is CCCNC(=O)CSc1nc(-c2ccccc2)nc2ccc(CC)cc12. The summed E-state index contributed by atoms with van der Waals surface area (Å²) in [6.45, 7) is 4.88.